The molecule has 0 aromatic heterocycles. The van der Waals surface area contributed by atoms with Crippen LogP contribution in [0.15, 0.2) is 35.3 Å². The van der Waals surface area contributed by atoms with Gasteiger partial charge in [0.1, 0.15) is 5.60 Å². The van der Waals surface area contributed by atoms with E-state index >= 15 is 0 Å². The Morgan fingerprint density at radius 1 is 1.19 bits per heavy atom. The van der Waals surface area contributed by atoms with E-state index in [2.05, 4.69) is 4.99 Å². The molecule has 0 saturated heterocycles. The van der Waals surface area contributed by atoms with Gasteiger partial charge < -0.3 is 4.74 Å². The summed E-state index contributed by atoms with van der Waals surface area (Å²) in [4.78, 5) is 15.3. The summed E-state index contributed by atoms with van der Waals surface area (Å²) in [6.45, 7) is 7.24. The molecule has 1 amide bonds. The molecule has 0 bridgehead atoms. The van der Waals surface area contributed by atoms with E-state index in [0.717, 1.165) is 5.56 Å². The maximum atomic E-state index is 11.4. The molecule has 0 atom stereocenters. The minimum absolute atomic E-state index is 0.502. The van der Waals surface area contributed by atoms with Crippen LogP contribution >= 0.6 is 0 Å². The van der Waals surface area contributed by atoms with E-state index in [0.29, 0.717) is 5.71 Å². The highest BCUT2D eigenvalue weighted by atomic mass is 16.6. The smallest absolute Gasteiger partial charge is 0.434 e. The third-order valence-corrected chi connectivity index (χ3v) is 1.84. The fourth-order valence-electron chi connectivity index (χ4n) is 1.17. The lowest BCUT2D eigenvalue weighted by Crippen LogP contribution is -2.22. The van der Waals surface area contributed by atoms with E-state index < -0.39 is 11.7 Å². The summed E-state index contributed by atoms with van der Waals surface area (Å²) in [5, 5.41) is 0. The lowest BCUT2D eigenvalue weighted by molar-refractivity contribution is 0.0604. The molecule has 0 aliphatic rings. The molecule has 0 aliphatic heterocycles. The van der Waals surface area contributed by atoms with Crippen molar-refractivity contribution in [2.75, 3.05) is 0 Å². The Balaban J connectivity index is 2.75. The highest BCUT2D eigenvalue weighted by molar-refractivity contribution is 6.03. The van der Waals surface area contributed by atoms with Crippen molar-refractivity contribution in [1.82, 2.24) is 0 Å². The van der Waals surface area contributed by atoms with Crippen molar-refractivity contribution < 1.29 is 9.53 Å². The molecule has 3 nitrogen and oxygen atoms in total. The molecule has 3 heteroatoms. The largest absolute Gasteiger partial charge is 0.442 e. The number of nitrogens with zero attached hydrogens (tertiary/aromatic N) is 1. The number of benzene rings is 1. The molecule has 0 spiro atoms. The van der Waals surface area contributed by atoms with Gasteiger partial charge in [-0.05, 0) is 33.3 Å². The van der Waals surface area contributed by atoms with Gasteiger partial charge in [0, 0.05) is 0 Å². The Labute approximate surface area is 96.2 Å². The van der Waals surface area contributed by atoms with Crippen LogP contribution in [0.3, 0.4) is 0 Å². The summed E-state index contributed by atoms with van der Waals surface area (Å²) in [6.07, 6.45) is -0.547. The van der Waals surface area contributed by atoms with Gasteiger partial charge in [0.05, 0.1) is 5.71 Å². The monoisotopic (exact) mass is 219 g/mol. The van der Waals surface area contributed by atoms with Gasteiger partial charge in [-0.25, -0.2) is 4.79 Å². The van der Waals surface area contributed by atoms with Crippen LogP contribution in [0, 0.1) is 0 Å². The molecule has 0 fully saturated rings. The molecule has 0 aliphatic carbocycles. The van der Waals surface area contributed by atoms with Gasteiger partial charge in [0.2, 0.25) is 0 Å². The molecule has 16 heavy (non-hydrogen) atoms. The SMILES string of the molecule is C/C(=N\C(=O)OC(C)(C)C)c1ccccc1. The topological polar surface area (TPSA) is 38.7 Å². The maximum Gasteiger partial charge on any atom is 0.434 e. The van der Waals surface area contributed by atoms with E-state index in [4.69, 9.17) is 4.74 Å². The van der Waals surface area contributed by atoms with Crippen LogP contribution < -0.4 is 0 Å². The number of hydrogen-bond acceptors (Lipinski definition) is 2. The van der Waals surface area contributed by atoms with E-state index in [-0.39, 0.29) is 0 Å². The highest BCUT2D eigenvalue weighted by Gasteiger charge is 2.15. The maximum absolute atomic E-state index is 11.4. The van der Waals surface area contributed by atoms with Crippen LogP contribution in [0.5, 0.6) is 0 Å². The standard InChI is InChI=1S/C13H17NO2/c1-10(11-8-6-5-7-9-11)14-12(15)16-13(2,3)4/h5-9H,1-4H3/b14-10+. The fourth-order valence-corrected chi connectivity index (χ4v) is 1.17. The summed E-state index contributed by atoms with van der Waals surface area (Å²) in [6, 6.07) is 9.55. The molecule has 1 aromatic carbocycles. The molecule has 0 unspecified atom stereocenters. The van der Waals surface area contributed by atoms with E-state index in [1.54, 1.807) is 6.92 Å². The van der Waals surface area contributed by atoms with Gasteiger partial charge in [-0.2, -0.15) is 4.99 Å². The minimum Gasteiger partial charge on any atom is -0.442 e. The number of hydrogen-bond donors (Lipinski definition) is 0. The highest BCUT2D eigenvalue weighted by Crippen LogP contribution is 2.09. The third-order valence-electron chi connectivity index (χ3n) is 1.84. The molecule has 0 N–H and O–H groups in total. The van der Waals surface area contributed by atoms with E-state index in [1.165, 1.54) is 0 Å². The predicted octanol–water partition coefficient (Wildman–Crippen LogP) is 3.43. The summed E-state index contributed by atoms with van der Waals surface area (Å²) in [5.74, 6) is 0. The van der Waals surface area contributed by atoms with E-state index in [9.17, 15) is 4.79 Å². The third kappa shape index (κ3) is 4.26. The van der Waals surface area contributed by atoms with Crippen molar-refractivity contribution >= 4 is 11.8 Å². The van der Waals surface area contributed by atoms with Gasteiger partial charge >= 0.3 is 6.09 Å². The quantitative estimate of drug-likeness (QED) is 0.679. The van der Waals surface area contributed by atoms with Crippen LogP contribution in [-0.2, 0) is 4.74 Å². The van der Waals surface area contributed by atoms with Gasteiger partial charge in [0.25, 0.3) is 0 Å². The lowest BCUT2D eigenvalue weighted by Gasteiger charge is -2.17. The van der Waals surface area contributed by atoms with Crippen molar-refractivity contribution in [3.63, 3.8) is 0 Å². The van der Waals surface area contributed by atoms with Crippen LogP contribution in [-0.4, -0.2) is 17.4 Å². The van der Waals surface area contributed by atoms with Gasteiger partial charge in [-0.3, -0.25) is 0 Å². The first kappa shape index (κ1) is 12.4. The molecule has 0 saturated carbocycles. The second-order valence-corrected chi connectivity index (χ2v) is 4.54. The number of rotatable bonds is 1. The molecule has 86 valence electrons. The van der Waals surface area contributed by atoms with E-state index in [1.807, 2.05) is 51.1 Å². The second kappa shape index (κ2) is 4.92. The van der Waals surface area contributed by atoms with Crippen molar-refractivity contribution in [3.05, 3.63) is 35.9 Å². The summed E-state index contributed by atoms with van der Waals surface area (Å²) >= 11 is 0. The fraction of sp³-hybridized carbons (Fsp3) is 0.385. The van der Waals surface area contributed by atoms with Crippen LogP contribution in [0.25, 0.3) is 0 Å². The number of aliphatic imine (C=N–C) groups is 1. The van der Waals surface area contributed by atoms with Gasteiger partial charge in [0.15, 0.2) is 0 Å². The Kier molecular flexibility index (Phi) is 3.82. The second-order valence-electron chi connectivity index (χ2n) is 4.54. The van der Waals surface area contributed by atoms with Crippen LogP contribution in [0.1, 0.15) is 33.3 Å². The molecule has 1 aromatic rings. The zero-order valence-electron chi connectivity index (χ0n) is 10.2. The average Bonchev–Trinajstić information content (AvgIpc) is 2.16. The number of ether oxygens (including phenoxy) is 1. The molecule has 0 radical (unpaired) electrons. The zero-order valence-corrected chi connectivity index (χ0v) is 10.2. The molecule has 0 heterocycles. The Hall–Kier alpha value is -1.64. The Morgan fingerprint density at radius 2 is 1.75 bits per heavy atom. The molecule has 1 rings (SSSR count). The number of amides is 1. The Morgan fingerprint density at radius 3 is 2.25 bits per heavy atom. The van der Waals surface area contributed by atoms with Crippen LogP contribution in [0.2, 0.25) is 0 Å². The summed E-state index contributed by atoms with van der Waals surface area (Å²) in [7, 11) is 0. The number of carbonyl (C=O) groups excluding carboxylic acids is 1. The molecular formula is C13H17NO2. The van der Waals surface area contributed by atoms with Gasteiger partial charge in [-0.1, -0.05) is 30.3 Å². The lowest BCUT2D eigenvalue weighted by atomic mass is 10.1. The van der Waals surface area contributed by atoms with Crippen molar-refractivity contribution in [1.29, 1.82) is 0 Å². The zero-order chi connectivity index (χ0) is 12.2. The summed E-state index contributed by atoms with van der Waals surface area (Å²) in [5.41, 5.74) is 1.08. The normalized spacial score (nSPS) is 12.4. The average molecular weight is 219 g/mol. The number of carbonyl (C=O) groups is 1. The minimum atomic E-state index is -0.547. The van der Waals surface area contributed by atoms with Crippen molar-refractivity contribution in [2.45, 2.75) is 33.3 Å². The van der Waals surface area contributed by atoms with Crippen molar-refractivity contribution in [3.8, 4) is 0 Å². The molecular weight excluding hydrogens is 202 g/mol. The first-order chi connectivity index (χ1) is 7.38. The first-order valence-electron chi connectivity index (χ1n) is 5.22. The van der Waals surface area contributed by atoms with Gasteiger partial charge in [-0.15, -0.1) is 0 Å². The predicted molar refractivity (Wildman–Crippen MR) is 64.9 cm³/mol. The summed E-state index contributed by atoms with van der Waals surface area (Å²) < 4.78 is 5.10. The van der Waals surface area contributed by atoms with Crippen molar-refractivity contribution in [2.24, 2.45) is 4.99 Å². The first-order valence-corrected chi connectivity index (χ1v) is 5.22. The Bertz CT molecular complexity index is 388. The van der Waals surface area contributed by atoms with Crippen LogP contribution in [0.4, 0.5) is 4.79 Å².